The van der Waals surface area contributed by atoms with Crippen molar-refractivity contribution in [3.8, 4) is 11.6 Å². The van der Waals surface area contributed by atoms with Crippen molar-refractivity contribution >= 4 is 5.96 Å². The molecule has 0 saturated heterocycles. The van der Waals surface area contributed by atoms with Gasteiger partial charge < -0.3 is 15.4 Å². The third-order valence-electron chi connectivity index (χ3n) is 3.35. The summed E-state index contributed by atoms with van der Waals surface area (Å²) in [5.74, 6) is 1.24. The number of halogens is 1. The molecule has 0 aliphatic rings. The second kappa shape index (κ2) is 9.50. The Hall–Kier alpha value is -2.63. The van der Waals surface area contributed by atoms with Gasteiger partial charge in [0.25, 0.3) is 0 Å². The maximum atomic E-state index is 13.3. The minimum Gasteiger partial charge on any atom is -0.439 e. The number of nitrogens with one attached hydrogen (secondary N) is 2. The number of aromatic nitrogens is 1. The highest BCUT2D eigenvalue weighted by molar-refractivity contribution is 5.79. The van der Waals surface area contributed by atoms with E-state index in [-0.39, 0.29) is 5.82 Å². The second-order valence-electron chi connectivity index (χ2n) is 5.23. The van der Waals surface area contributed by atoms with E-state index in [0.29, 0.717) is 18.2 Å². The number of benzene rings is 1. The van der Waals surface area contributed by atoms with Crippen LogP contribution in [0.15, 0.2) is 47.6 Å². The van der Waals surface area contributed by atoms with E-state index in [2.05, 4.69) is 27.5 Å². The lowest BCUT2D eigenvalue weighted by Crippen LogP contribution is -2.37. The summed E-state index contributed by atoms with van der Waals surface area (Å²) < 4.78 is 19.0. The molecule has 5 nitrogen and oxygen atoms in total. The van der Waals surface area contributed by atoms with Crippen molar-refractivity contribution in [2.75, 3.05) is 13.6 Å². The van der Waals surface area contributed by atoms with Gasteiger partial charge in [-0.15, -0.1) is 0 Å². The quantitative estimate of drug-likeness (QED) is 0.464. The van der Waals surface area contributed by atoms with E-state index in [4.69, 9.17) is 4.74 Å². The van der Waals surface area contributed by atoms with Gasteiger partial charge in [-0.25, -0.2) is 9.37 Å². The summed E-state index contributed by atoms with van der Waals surface area (Å²) in [5.41, 5.74) is 0.861. The van der Waals surface area contributed by atoms with E-state index in [1.54, 1.807) is 25.4 Å². The average molecular weight is 330 g/mol. The number of hydrogen-bond donors (Lipinski definition) is 2. The molecular formula is C18H23FN4O. The van der Waals surface area contributed by atoms with Gasteiger partial charge in [0.15, 0.2) is 5.96 Å². The highest BCUT2D eigenvalue weighted by atomic mass is 19.1. The third kappa shape index (κ3) is 5.53. The monoisotopic (exact) mass is 330 g/mol. The second-order valence-corrected chi connectivity index (χ2v) is 5.23. The van der Waals surface area contributed by atoms with Crippen LogP contribution in [-0.4, -0.2) is 24.5 Å². The summed E-state index contributed by atoms with van der Waals surface area (Å²) in [5, 5.41) is 6.47. The van der Waals surface area contributed by atoms with Crippen LogP contribution < -0.4 is 15.4 Å². The molecule has 0 aliphatic carbocycles. The summed E-state index contributed by atoms with van der Waals surface area (Å²) >= 11 is 0. The van der Waals surface area contributed by atoms with Gasteiger partial charge >= 0.3 is 0 Å². The van der Waals surface area contributed by atoms with Crippen molar-refractivity contribution in [3.63, 3.8) is 0 Å². The number of ether oxygens (including phenoxy) is 1. The summed E-state index contributed by atoms with van der Waals surface area (Å²) in [6, 6.07) is 9.75. The summed E-state index contributed by atoms with van der Waals surface area (Å²) in [6.45, 7) is 3.52. The SMILES string of the molecule is CCCCNC(=NC)NCc1cccnc1Oc1cccc(F)c1. The van der Waals surface area contributed by atoms with Gasteiger partial charge in [0, 0.05) is 38.0 Å². The minimum absolute atomic E-state index is 0.344. The molecule has 0 aliphatic heterocycles. The van der Waals surface area contributed by atoms with E-state index in [1.165, 1.54) is 12.1 Å². The van der Waals surface area contributed by atoms with Crippen molar-refractivity contribution in [1.29, 1.82) is 0 Å². The lowest BCUT2D eigenvalue weighted by Gasteiger charge is -2.13. The van der Waals surface area contributed by atoms with Gasteiger partial charge in [-0.3, -0.25) is 4.99 Å². The third-order valence-corrected chi connectivity index (χ3v) is 3.35. The number of aliphatic imine (C=N–C) groups is 1. The standard InChI is InChI=1S/C18H23FN4O/c1-3-4-10-22-18(20-2)23-13-14-7-6-11-21-17(14)24-16-9-5-8-15(19)12-16/h5-9,11-12H,3-4,10,13H2,1-2H3,(H2,20,22,23). The molecule has 0 atom stereocenters. The van der Waals surface area contributed by atoms with E-state index < -0.39 is 0 Å². The minimum atomic E-state index is -0.344. The van der Waals surface area contributed by atoms with Crippen molar-refractivity contribution in [2.24, 2.45) is 4.99 Å². The molecular weight excluding hydrogens is 307 g/mol. The van der Waals surface area contributed by atoms with Crippen molar-refractivity contribution < 1.29 is 9.13 Å². The van der Waals surface area contributed by atoms with Crippen molar-refractivity contribution in [2.45, 2.75) is 26.3 Å². The fourth-order valence-electron chi connectivity index (χ4n) is 2.08. The molecule has 0 unspecified atom stereocenters. The Bertz CT molecular complexity index is 676. The Labute approximate surface area is 142 Å². The molecule has 1 aromatic carbocycles. The molecule has 1 aromatic heterocycles. The normalized spacial score (nSPS) is 11.2. The predicted molar refractivity (Wildman–Crippen MR) is 93.8 cm³/mol. The molecule has 2 N–H and O–H groups in total. The topological polar surface area (TPSA) is 58.5 Å². The molecule has 2 rings (SSSR count). The first-order valence-corrected chi connectivity index (χ1v) is 8.04. The molecule has 6 heteroatoms. The first-order chi connectivity index (χ1) is 11.7. The molecule has 2 aromatic rings. The van der Waals surface area contributed by atoms with Crippen LogP contribution in [0.4, 0.5) is 4.39 Å². The highest BCUT2D eigenvalue weighted by Crippen LogP contribution is 2.23. The molecule has 128 valence electrons. The fraction of sp³-hybridized carbons (Fsp3) is 0.333. The maximum absolute atomic E-state index is 13.3. The number of pyridine rings is 1. The number of hydrogen-bond acceptors (Lipinski definition) is 3. The molecule has 1 heterocycles. The van der Waals surface area contributed by atoms with Crippen LogP contribution in [0, 0.1) is 5.82 Å². The van der Waals surface area contributed by atoms with E-state index in [0.717, 1.165) is 30.9 Å². The molecule has 0 fully saturated rings. The number of unbranched alkanes of at least 4 members (excludes halogenated alkanes) is 1. The number of guanidine groups is 1. The molecule has 24 heavy (non-hydrogen) atoms. The van der Waals surface area contributed by atoms with Crippen LogP contribution in [0.3, 0.4) is 0 Å². The average Bonchev–Trinajstić information content (AvgIpc) is 2.59. The summed E-state index contributed by atoms with van der Waals surface area (Å²) in [4.78, 5) is 8.42. The van der Waals surface area contributed by atoms with E-state index in [9.17, 15) is 4.39 Å². The molecule has 0 amide bonds. The maximum Gasteiger partial charge on any atom is 0.224 e. The largest absolute Gasteiger partial charge is 0.439 e. The molecule has 0 radical (unpaired) electrons. The predicted octanol–water partition coefficient (Wildman–Crippen LogP) is 3.48. The lowest BCUT2D eigenvalue weighted by molar-refractivity contribution is 0.450. The Morgan fingerprint density at radius 3 is 2.88 bits per heavy atom. The van der Waals surface area contributed by atoms with Gasteiger partial charge in [-0.05, 0) is 24.6 Å². The molecule has 0 saturated carbocycles. The van der Waals surface area contributed by atoms with Gasteiger partial charge in [0.05, 0.1) is 0 Å². The van der Waals surface area contributed by atoms with Gasteiger partial charge in [-0.2, -0.15) is 0 Å². The Kier molecular flexibility index (Phi) is 7.01. The van der Waals surface area contributed by atoms with Crippen LogP contribution in [0.25, 0.3) is 0 Å². The van der Waals surface area contributed by atoms with Crippen molar-refractivity contribution in [3.05, 3.63) is 54.0 Å². The first-order valence-electron chi connectivity index (χ1n) is 8.04. The van der Waals surface area contributed by atoms with Gasteiger partial charge in [-0.1, -0.05) is 25.5 Å². The fourth-order valence-corrected chi connectivity index (χ4v) is 2.08. The smallest absolute Gasteiger partial charge is 0.224 e. The number of rotatable bonds is 7. The molecule has 0 bridgehead atoms. The zero-order valence-corrected chi connectivity index (χ0v) is 14.1. The van der Waals surface area contributed by atoms with Crippen LogP contribution in [0.1, 0.15) is 25.3 Å². The highest BCUT2D eigenvalue weighted by Gasteiger charge is 2.07. The zero-order chi connectivity index (χ0) is 17.2. The van der Waals surface area contributed by atoms with E-state index in [1.807, 2.05) is 12.1 Å². The first kappa shape index (κ1) is 17.7. The Morgan fingerprint density at radius 1 is 1.25 bits per heavy atom. The van der Waals surface area contributed by atoms with Crippen LogP contribution in [-0.2, 0) is 6.54 Å². The summed E-state index contributed by atoms with van der Waals surface area (Å²) in [7, 11) is 1.73. The Balaban J connectivity index is 2.00. The van der Waals surface area contributed by atoms with Gasteiger partial charge in [0.2, 0.25) is 5.88 Å². The van der Waals surface area contributed by atoms with Crippen molar-refractivity contribution in [1.82, 2.24) is 15.6 Å². The van der Waals surface area contributed by atoms with Crippen LogP contribution in [0.2, 0.25) is 0 Å². The van der Waals surface area contributed by atoms with Gasteiger partial charge in [0.1, 0.15) is 11.6 Å². The Morgan fingerprint density at radius 2 is 2.12 bits per heavy atom. The lowest BCUT2D eigenvalue weighted by atomic mass is 10.2. The summed E-state index contributed by atoms with van der Waals surface area (Å²) in [6.07, 6.45) is 3.85. The van der Waals surface area contributed by atoms with Crippen LogP contribution >= 0.6 is 0 Å². The number of nitrogens with zero attached hydrogens (tertiary/aromatic N) is 2. The molecule has 0 spiro atoms. The zero-order valence-electron chi connectivity index (χ0n) is 14.1. The van der Waals surface area contributed by atoms with E-state index >= 15 is 0 Å². The van der Waals surface area contributed by atoms with Crippen LogP contribution in [0.5, 0.6) is 11.6 Å².